The van der Waals surface area contributed by atoms with Crippen LogP contribution in [-0.4, -0.2) is 85.4 Å². The van der Waals surface area contributed by atoms with Crippen molar-refractivity contribution in [3.63, 3.8) is 0 Å². The Labute approximate surface area is 357 Å². The van der Waals surface area contributed by atoms with Gasteiger partial charge in [0.2, 0.25) is 8.41 Å². The largest absolute Gasteiger partial charge is 0.497 e. The Kier molecular flexibility index (Phi) is 10.8. The number of anilines is 3. The van der Waals surface area contributed by atoms with Crippen LogP contribution in [0.1, 0.15) is 54.5 Å². The summed E-state index contributed by atoms with van der Waals surface area (Å²) in [7, 11) is -1.83. The Hall–Kier alpha value is -5.41. The molecule has 4 aliphatic heterocycles. The number of carbonyl (C=O) groups is 2. The summed E-state index contributed by atoms with van der Waals surface area (Å²) in [5.41, 5.74) is 3.16. The van der Waals surface area contributed by atoms with Crippen molar-refractivity contribution in [2.24, 2.45) is 5.92 Å². The van der Waals surface area contributed by atoms with Gasteiger partial charge in [-0.1, -0.05) is 72.8 Å². The lowest BCUT2D eigenvalue weighted by atomic mass is 9.82. The van der Waals surface area contributed by atoms with Crippen LogP contribution in [0.15, 0.2) is 109 Å². The zero-order valence-electron chi connectivity index (χ0n) is 35.2. The number of fused-ring (bicyclic) bond motifs is 2. The summed E-state index contributed by atoms with van der Waals surface area (Å²) in [5.74, 6) is -0.338. The van der Waals surface area contributed by atoms with Crippen molar-refractivity contribution >= 4 is 37.3 Å². The molecule has 318 valence electrons. The average Bonchev–Trinajstić information content (AvgIpc) is 4.00. The van der Waals surface area contributed by atoms with Gasteiger partial charge in [-0.2, -0.15) is 0 Å². The second kappa shape index (κ2) is 16.1. The number of methoxy groups -OCH3 is 1. The van der Waals surface area contributed by atoms with Crippen molar-refractivity contribution in [2.75, 3.05) is 48.2 Å². The molecule has 4 aromatic carbocycles. The first-order valence-corrected chi connectivity index (χ1v) is 24.3. The molecule has 2 amide bonds. The Morgan fingerprint density at radius 2 is 1.66 bits per heavy atom. The van der Waals surface area contributed by atoms with E-state index in [-0.39, 0.29) is 30.9 Å². The number of aliphatic hydroxyl groups excluding tert-OH is 1. The highest BCUT2D eigenvalue weighted by Crippen LogP contribution is 2.61. The molecule has 1 unspecified atom stereocenters. The summed E-state index contributed by atoms with van der Waals surface area (Å²) in [6.45, 7) is 7.90. The van der Waals surface area contributed by atoms with E-state index in [4.69, 9.17) is 9.47 Å². The highest BCUT2D eigenvalue weighted by atomic mass is 28.4. The number of amides is 2. The van der Waals surface area contributed by atoms with E-state index in [9.17, 15) is 9.90 Å². The molecule has 5 atom stereocenters. The zero-order chi connectivity index (χ0) is 42.5. The van der Waals surface area contributed by atoms with E-state index >= 15 is 8.90 Å². The minimum atomic E-state index is -3.42. The van der Waals surface area contributed by atoms with Crippen LogP contribution >= 0.6 is 0 Å². The van der Waals surface area contributed by atoms with E-state index in [1.807, 2.05) is 109 Å². The molecular formula is C47H54FN7O5Si. The van der Waals surface area contributed by atoms with Crippen molar-refractivity contribution < 1.29 is 28.3 Å². The van der Waals surface area contributed by atoms with Crippen molar-refractivity contribution in [1.29, 1.82) is 0 Å². The zero-order valence-corrected chi connectivity index (χ0v) is 36.2. The Morgan fingerprint density at radius 1 is 0.951 bits per heavy atom. The minimum absolute atomic E-state index is 0.103. The van der Waals surface area contributed by atoms with Crippen molar-refractivity contribution in [1.82, 2.24) is 20.3 Å². The molecule has 1 aromatic heterocycles. The topological polar surface area (TPSA) is 125 Å². The highest BCUT2D eigenvalue weighted by molar-refractivity contribution is 6.72. The lowest BCUT2D eigenvalue weighted by molar-refractivity contribution is -0.146. The fourth-order valence-corrected chi connectivity index (χ4v) is 13.2. The standard InChI is InChI=1S/C47H54FN7O5Si/c1-32-43(61(3,4)48)42(21-26-52-29-40(50-51-52)38(30-56)34-11-7-5-8-12-34)60-47(32)39-27-37(59-2)19-20-41(39)53(45(47)58)28-33-15-17-35(18-16-33)54-31-55(36-13-9-6-10-14-36)46(44(54)57)22-24-49-25-23-46/h5-20,27,29,32,38,42-43,49,56H,21-26,28,30-31H2,1-4H3/t32-,38?,42+,43-,47+/m0/s1. The molecule has 0 radical (unpaired) electrons. The number of para-hydroxylation sites is 1. The third-order valence-corrected chi connectivity index (χ3v) is 16.1. The summed E-state index contributed by atoms with van der Waals surface area (Å²) in [5, 5.41) is 22.4. The molecule has 4 aliphatic rings. The summed E-state index contributed by atoms with van der Waals surface area (Å²) in [4.78, 5) is 35.4. The second-order valence-corrected chi connectivity index (χ2v) is 21.3. The Balaban J connectivity index is 0.974. The van der Waals surface area contributed by atoms with Gasteiger partial charge in [0.15, 0.2) is 5.60 Å². The van der Waals surface area contributed by atoms with Crippen LogP contribution in [0.3, 0.4) is 0 Å². The number of rotatable bonds is 12. The molecule has 5 aromatic rings. The van der Waals surface area contributed by atoms with Crippen LogP contribution in [0.2, 0.25) is 18.6 Å². The van der Waals surface area contributed by atoms with Crippen LogP contribution in [-0.2, 0) is 33.0 Å². The van der Waals surface area contributed by atoms with Crippen LogP contribution in [0.5, 0.6) is 5.75 Å². The van der Waals surface area contributed by atoms with Crippen LogP contribution < -0.4 is 24.8 Å². The normalized spacial score (nSPS) is 24.0. The third kappa shape index (κ3) is 7.03. The van der Waals surface area contributed by atoms with Gasteiger partial charge in [-0.25, -0.2) is 0 Å². The first-order valence-electron chi connectivity index (χ1n) is 21.4. The average molecular weight is 844 g/mol. The van der Waals surface area contributed by atoms with Crippen molar-refractivity contribution in [3.8, 4) is 5.75 Å². The maximum atomic E-state index is 16.6. The van der Waals surface area contributed by atoms with Gasteiger partial charge in [-0.15, -0.1) is 5.10 Å². The second-order valence-electron chi connectivity index (χ2n) is 17.5. The number of benzene rings is 4. The van der Waals surface area contributed by atoms with E-state index in [1.165, 1.54) is 0 Å². The molecule has 2 N–H and O–H groups in total. The monoisotopic (exact) mass is 843 g/mol. The number of nitrogens with zero attached hydrogens (tertiary/aromatic N) is 6. The molecule has 2 spiro atoms. The van der Waals surface area contributed by atoms with Crippen molar-refractivity contribution in [3.05, 3.63) is 132 Å². The fourth-order valence-electron chi connectivity index (χ4n) is 10.6. The summed E-state index contributed by atoms with van der Waals surface area (Å²) in [6, 6.07) is 33.4. The molecule has 12 nitrogen and oxygen atoms in total. The quantitative estimate of drug-likeness (QED) is 0.104. The van der Waals surface area contributed by atoms with E-state index in [1.54, 1.807) is 29.8 Å². The molecular weight excluding hydrogens is 790 g/mol. The number of aryl methyl sites for hydroxylation is 1. The third-order valence-electron chi connectivity index (χ3n) is 13.6. The number of halogens is 1. The number of piperidine rings is 1. The summed E-state index contributed by atoms with van der Waals surface area (Å²) >= 11 is 0. The van der Waals surface area contributed by atoms with Gasteiger partial charge in [0.05, 0.1) is 50.3 Å². The van der Waals surface area contributed by atoms with E-state index in [2.05, 4.69) is 32.7 Å². The highest BCUT2D eigenvalue weighted by Gasteiger charge is 2.66. The van der Waals surface area contributed by atoms with Gasteiger partial charge < -0.3 is 33.8 Å². The molecule has 5 heterocycles. The predicted molar refractivity (Wildman–Crippen MR) is 235 cm³/mol. The predicted octanol–water partition coefficient (Wildman–Crippen LogP) is 6.76. The summed E-state index contributed by atoms with van der Waals surface area (Å²) < 4.78 is 31.1. The number of carbonyl (C=O) groups excluding carboxylic acids is 2. The maximum absolute atomic E-state index is 16.6. The number of nitrogens with one attached hydrogen (secondary N) is 1. The smallest absolute Gasteiger partial charge is 0.264 e. The van der Waals surface area contributed by atoms with Gasteiger partial charge in [0.25, 0.3) is 11.8 Å². The van der Waals surface area contributed by atoms with E-state index in [0.717, 1.165) is 48.4 Å². The number of ether oxygens (including phenoxy) is 2. The van der Waals surface area contributed by atoms with Crippen LogP contribution in [0.25, 0.3) is 0 Å². The van der Waals surface area contributed by atoms with Crippen molar-refractivity contribution in [2.45, 2.75) is 81.1 Å². The molecule has 0 bridgehead atoms. The van der Waals surface area contributed by atoms with Crippen LogP contribution in [0.4, 0.5) is 21.2 Å². The summed E-state index contributed by atoms with van der Waals surface area (Å²) in [6.07, 6.45) is 3.12. The van der Waals surface area contributed by atoms with Gasteiger partial charge in [0, 0.05) is 41.1 Å². The Bertz CT molecular complexity index is 2370. The van der Waals surface area contributed by atoms with Gasteiger partial charge in [-0.05, 0) is 99.0 Å². The number of aromatic nitrogens is 3. The van der Waals surface area contributed by atoms with E-state index in [0.29, 0.717) is 42.3 Å². The molecule has 3 fully saturated rings. The lowest BCUT2D eigenvalue weighted by Crippen LogP contribution is -2.55. The molecule has 61 heavy (non-hydrogen) atoms. The maximum Gasteiger partial charge on any atom is 0.264 e. The van der Waals surface area contributed by atoms with Crippen LogP contribution in [0, 0.1) is 5.92 Å². The van der Waals surface area contributed by atoms with Gasteiger partial charge in [0.1, 0.15) is 11.3 Å². The molecule has 0 aliphatic carbocycles. The molecule has 9 rings (SSSR count). The SMILES string of the molecule is COc1ccc2c(c1)[C@@]1(O[C@H](CCn3cc(C(CO)c4ccccc4)nn3)[C@@H]([Si](C)(C)F)[C@@H]1C)C(=O)N2Cc1ccc(N2CN(c3ccccc3)C3(CCNCC3)C2=O)cc1. The number of hydrogen-bond donors (Lipinski definition) is 2. The first-order chi connectivity index (χ1) is 29.5. The first kappa shape index (κ1) is 41.0. The Morgan fingerprint density at radius 3 is 2.33 bits per heavy atom. The molecule has 3 saturated heterocycles. The van der Waals surface area contributed by atoms with Gasteiger partial charge >= 0.3 is 0 Å². The number of hydrogen-bond acceptors (Lipinski definition) is 9. The fraction of sp³-hybridized carbons (Fsp3) is 0.404. The molecule has 14 heteroatoms. The molecule has 0 saturated carbocycles. The number of aliphatic hydroxyl groups is 1. The van der Waals surface area contributed by atoms with E-state index < -0.39 is 37.1 Å². The van der Waals surface area contributed by atoms with Gasteiger partial charge in [-0.3, -0.25) is 19.2 Å². The lowest BCUT2D eigenvalue weighted by Gasteiger charge is -2.39. The minimum Gasteiger partial charge on any atom is -0.497 e.